The molecule has 1 N–H and O–H groups in total. The number of piperazine rings is 1. The fourth-order valence-corrected chi connectivity index (χ4v) is 6.69. The van der Waals surface area contributed by atoms with Gasteiger partial charge in [0.2, 0.25) is 5.91 Å². The minimum atomic E-state index is -0.392. The number of aromatic amines is 1. The van der Waals surface area contributed by atoms with Crippen LogP contribution in [0, 0.1) is 10.1 Å². The summed E-state index contributed by atoms with van der Waals surface area (Å²) >= 11 is 3.24. The molecule has 1 fully saturated rings. The maximum absolute atomic E-state index is 12.6. The number of rotatable bonds is 7. The number of carbonyl (C=O) groups excluding carboxylic acids is 1. The quantitative estimate of drug-likeness (QED) is 0.301. The number of thiophene rings is 1. The number of nitrogens with one attached hydrogen (secondary N) is 1. The van der Waals surface area contributed by atoms with E-state index in [0.717, 1.165) is 35.2 Å². The van der Waals surface area contributed by atoms with Crippen molar-refractivity contribution >= 4 is 50.6 Å². The molecule has 9 nitrogen and oxygen atoms in total. The summed E-state index contributed by atoms with van der Waals surface area (Å²) in [6.45, 7) is 2.49. The molecule has 2 aromatic heterocycles. The molecule has 1 aromatic carbocycles. The molecule has 34 heavy (non-hydrogen) atoms. The summed E-state index contributed by atoms with van der Waals surface area (Å²) in [7, 11) is 0. The van der Waals surface area contributed by atoms with E-state index < -0.39 is 4.92 Å². The average Bonchev–Trinajstić information content (AvgIpc) is 3.43. The number of amides is 1. The summed E-state index contributed by atoms with van der Waals surface area (Å²) in [5, 5.41) is 11.8. The molecule has 2 aliphatic rings. The number of nitro groups is 1. The molecule has 1 amide bonds. The Morgan fingerprint density at radius 2 is 2.06 bits per heavy atom. The van der Waals surface area contributed by atoms with Crippen molar-refractivity contribution in [3.05, 3.63) is 61.0 Å². The van der Waals surface area contributed by atoms with E-state index in [9.17, 15) is 19.7 Å². The molecule has 0 radical (unpaired) electrons. The summed E-state index contributed by atoms with van der Waals surface area (Å²) in [5.41, 5.74) is 2.03. The van der Waals surface area contributed by atoms with Crippen LogP contribution in [0.2, 0.25) is 0 Å². The van der Waals surface area contributed by atoms with Crippen molar-refractivity contribution < 1.29 is 9.72 Å². The van der Waals surface area contributed by atoms with Gasteiger partial charge in [0.1, 0.15) is 10.7 Å². The summed E-state index contributed by atoms with van der Waals surface area (Å²) in [6.07, 6.45) is 3.56. The number of anilines is 1. The summed E-state index contributed by atoms with van der Waals surface area (Å²) in [4.78, 5) is 49.5. The van der Waals surface area contributed by atoms with Crippen LogP contribution < -0.4 is 10.5 Å². The molecule has 178 valence electrons. The van der Waals surface area contributed by atoms with E-state index in [1.54, 1.807) is 35.2 Å². The first-order chi connectivity index (χ1) is 16.5. The van der Waals surface area contributed by atoms with E-state index in [-0.39, 0.29) is 17.2 Å². The number of thioether (sulfide) groups is 1. The van der Waals surface area contributed by atoms with Crippen LogP contribution in [0.4, 0.5) is 11.4 Å². The highest BCUT2D eigenvalue weighted by Crippen LogP contribution is 2.34. The van der Waals surface area contributed by atoms with Gasteiger partial charge in [-0.15, -0.1) is 11.3 Å². The summed E-state index contributed by atoms with van der Waals surface area (Å²) in [6, 6.07) is 6.61. The molecule has 0 spiro atoms. The number of non-ortho nitro benzene ring substituents is 1. The number of hydrogen-bond donors (Lipinski definition) is 1. The zero-order valence-corrected chi connectivity index (χ0v) is 20.3. The molecular weight excluding hydrogens is 474 g/mol. The molecule has 1 aliphatic carbocycles. The summed E-state index contributed by atoms with van der Waals surface area (Å²) in [5.74, 6) is 2.01. The maximum Gasteiger partial charge on any atom is 0.271 e. The van der Waals surface area contributed by atoms with Crippen LogP contribution in [0.25, 0.3) is 10.2 Å². The lowest BCUT2D eigenvalue weighted by Crippen LogP contribution is -2.48. The van der Waals surface area contributed by atoms with Gasteiger partial charge < -0.3 is 14.8 Å². The average molecular weight is 500 g/mol. The first-order valence-electron chi connectivity index (χ1n) is 11.4. The molecule has 11 heteroatoms. The van der Waals surface area contributed by atoms with Crippen LogP contribution in [0.1, 0.15) is 29.1 Å². The lowest BCUT2D eigenvalue weighted by Gasteiger charge is -2.36. The van der Waals surface area contributed by atoms with Gasteiger partial charge in [-0.05, 0) is 30.9 Å². The summed E-state index contributed by atoms with van der Waals surface area (Å²) < 4.78 is 0. The zero-order chi connectivity index (χ0) is 23.7. The molecule has 5 rings (SSSR count). The Balaban J connectivity index is 1.09. The molecular formula is C23H25N5O4S2. The number of hydrogen-bond acceptors (Lipinski definition) is 8. The van der Waals surface area contributed by atoms with E-state index in [2.05, 4.69) is 14.9 Å². The second kappa shape index (κ2) is 9.75. The highest BCUT2D eigenvalue weighted by Gasteiger charge is 2.23. The molecule has 0 atom stereocenters. The molecule has 1 aliphatic heterocycles. The van der Waals surface area contributed by atoms with E-state index >= 15 is 0 Å². The highest BCUT2D eigenvalue weighted by molar-refractivity contribution is 7.98. The molecule has 0 unspecified atom stereocenters. The van der Waals surface area contributed by atoms with Gasteiger partial charge in [0.05, 0.1) is 16.1 Å². The second-order valence-corrected chi connectivity index (χ2v) is 10.7. The number of aromatic nitrogens is 2. The molecule has 0 saturated carbocycles. The Morgan fingerprint density at radius 3 is 2.85 bits per heavy atom. The van der Waals surface area contributed by atoms with Gasteiger partial charge in [-0.25, -0.2) is 4.98 Å². The Labute approximate surface area is 204 Å². The van der Waals surface area contributed by atoms with Crippen molar-refractivity contribution in [3.63, 3.8) is 0 Å². The predicted octanol–water partition coefficient (Wildman–Crippen LogP) is 3.35. The van der Waals surface area contributed by atoms with E-state index in [0.29, 0.717) is 49.9 Å². The van der Waals surface area contributed by atoms with Crippen molar-refractivity contribution in [2.45, 2.75) is 31.4 Å². The standard InChI is InChI=1S/C23H25N5O4S2/c29-20(27-10-8-26(9-11-27)15-3-1-4-16(13-15)28(31)32)7-12-33-14-19-24-22(30)21-17-5-2-6-18(17)34-23(21)25-19/h1,3-4,13H,2,5-12,14H2,(H,24,25,30). The van der Waals surface area contributed by atoms with Crippen LogP contribution in [0.5, 0.6) is 0 Å². The van der Waals surface area contributed by atoms with Gasteiger partial charge in [0.15, 0.2) is 0 Å². The molecule has 0 bridgehead atoms. The number of fused-ring (bicyclic) bond motifs is 3. The van der Waals surface area contributed by atoms with Crippen molar-refractivity contribution in [2.24, 2.45) is 0 Å². The fraction of sp³-hybridized carbons (Fsp3) is 0.435. The van der Waals surface area contributed by atoms with Gasteiger partial charge in [0.25, 0.3) is 11.2 Å². The smallest absolute Gasteiger partial charge is 0.271 e. The van der Waals surface area contributed by atoms with Crippen molar-refractivity contribution in [1.82, 2.24) is 14.9 Å². The van der Waals surface area contributed by atoms with E-state index in [1.807, 2.05) is 11.0 Å². The van der Waals surface area contributed by atoms with E-state index in [4.69, 9.17) is 0 Å². The Bertz CT molecular complexity index is 1300. The number of carbonyl (C=O) groups is 1. The lowest BCUT2D eigenvalue weighted by molar-refractivity contribution is -0.384. The second-order valence-electron chi connectivity index (χ2n) is 8.50. The SMILES string of the molecule is O=C(CCSCc1nc2sc3c(c2c(=O)[nH]1)CCC3)N1CCN(c2cccc([N+](=O)[O-])c2)CC1. The van der Waals surface area contributed by atoms with Crippen molar-refractivity contribution in [2.75, 3.05) is 36.8 Å². The van der Waals surface area contributed by atoms with Crippen LogP contribution in [0.15, 0.2) is 29.1 Å². The highest BCUT2D eigenvalue weighted by atomic mass is 32.2. The third-order valence-corrected chi connectivity index (χ3v) is 8.52. The maximum atomic E-state index is 12.6. The van der Waals surface area contributed by atoms with Crippen LogP contribution in [-0.2, 0) is 23.4 Å². The number of benzene rings is 1. The van der Waals surface area contributed by atoms with Gasteiger partial charge >= 0.3 is 0 Å². The Morgan fingerprint density at radius 1 is 1.24 bits per heavy atom. The number of aryl methyl sites for hydroxylation is 2. The topological polar surface area (TPSA) is 112 Å². The Kier molecular flexibility index (Phi) is 6.55. The largest absolute Gasteiger partial charge is 0.368 e. The number of nitro benzene ring substituents is 1. The number of nitrogens with zero attached hydrogens (tertiary/aromatic N) is 4. The zero-order valence-electron chi connectivity index (χ0n) is 18.6. The van der Waals surface area contributed by atoms with Crippen LogP contribution in [-0.4, -0.2) is 57.6 Å². The first kappa shape index (κ1) is 22.9. The van der Waals surface area contributed by atoms with Gasteiger partial charge in [-0.2, -0.15) is 11.8 Å². The van der Waals surface area contributed by atoms with Crippen LogP contribution in [0.3, 0.4) is 0 Å². The van der Waals surface area contributed by atoms with Crippen molar-refractivity contribution in [1.29, 1.82) is 0 Å². The van der Waals surface area contributed by atoms with Crippen LogP contribution >= 0.6 is 23.1 Å². The monoisotopic (exact) mass is 499 g/mol. The molecule has 1 saturated heterocycles. The minimum absolute atomic E-state index is 0.0438. The number of H-pyrrole nitrogens is 1. The Hall–Kier alpha value is -2.92. The first-order valence-corrected chi connectivity index (χ1v) is 13.3. The predicted molar refractivity (Wildman–Crippen MR) is 135 cm³/mol. The third kappa shape index (κ3) is 4.67. The minimum Gasteiger partial charge on any atom is -0.368 e. The van der Waals surface area contributed by atoms with Gasteiger partial charge in [0, 0.05) is 61.0 Å². The lowest BCUT2D eigenvalue weighted by atomic mass is 10.2. The van der Waals surface area contributed by atoms with E-state index in [1.165, 1.54) is 16.5 Å². The van der Waals surface area contributed by atoms with Gasteiger partial charge in [-0.1, -0.05) is 6.07 Å². The van der Waals surface area contributed by atoms with Gasteiger partial charge in [-0.3, -0.25) is 19.7 Å². The fourth-order valence-electron chi connectivity index (χ4n) is 4.62. The molecule has 3 heterocycles. The molecule has 3 aromatic rings. The third-order valence-electron chi connectivity index (χ3n) is 6.36. The normalized spacial score (nSPS) is 15.6. The van der Waals surface area contributed by atoms with Crippen molar-refractivity contribution in [3.8, 4) is 0 Å².